The molecule has 0 saturated heterocycles. The molecule has 1 unspecified atom stereocenters. The van der Waals surface area contributed by atoms with Crippen molar-refractivity contribution in [2.75, 3.05) is 0 Å². The van der Waals surface area contributed by atoms with Crippen LogP contribution in [-0.4, -0.2) is 25.2 Å². The molecule has 3 heterocycles. The lowest BCUT2D eigenvalue weighted by Crippen LogP contribution is -2.31. The molecule has 0 bridgehead atoms. The zero-order valence-electron chi connectivity index (χ0n) is 17.4. The number of fused-ring (bicyclic) bond motifs is 2. The van der Waals surface area contributed by atoms with Gasteiger partial charge in [-0.3, -0.25) is 18.8 Å². The summed E-state index contributed by atoms with van der Waals surface area (Å²) >= 11 is 0. The van der Waals surface area contributed by atoms with Crippen molar-refractivity contribution >= 4 is 27.9 Å². The van der Waals surface area contributed by atoms with E-state index in [4.69, 9.17) is 4.42 Å². The third-order valence-corrected chi connectivity index (χ3v) is 5.47. The summed E-state index contributed by atoms with van der Waals surface area (Å²) in [6.45, 7) is 0.212. The molecule has 0 saturated carbocycles. The molecule has 0 aliphatic heterocycles. The minimum absolute atomic E-state index is 0.122. The van der Waals surface area contributed by atoms with Crippen LogP contribution in [0.1, 0.15) is 23.8 Å². The maximum atomic E-state index is 12.9. The fraction of sp³-hybridized carbons (Fsp3) is 0.167. The highest BCUT2D eigenvalue weighted by molar-refractivity contribution is 5.80. The molecular weight excluding hydrogens is 406 g/mol. The number of nitrogens with one attached hydrogen (secondary N) is 1. The zero-order valence-corrected chi connectivity index (χ0v) is 17.4. The Morgan fingerprint density at radius 3 is 2.72 bits per heavy atom. The topological polar surface area (TPSA) is 95.0 Å². The lowest BCUT2D eigenvalue weighted by molar-refractivity contribution is -0.121. The first-order valence-corrected chi connectivity index (χ1v) is 10.3. The van der Waals surface area contributed by atoms with Crippen LogP contribution in [-0.2, 0) is 18.4 Å². The van der Waals surface area contributed by atoms with E-state index in [9.17, 15) is 9.59 Å². The number of benzene rings is 2. The number of carbonyl (C=O) groups is 1. The standard InChI is InChI=1S/C24H21N5O3/c1-28-23-18(14-26-28)24(31)29(15-25-23)12-11-21(30)27-22(16-7-3-2-4-8-16)20-13-17-9-5-6-10-19(17)32-20/h2-10,13-15,22H,11-12H2,1H3,(H,27,30). The monoisotopic (exact) mass is 427 g/mol. The first-order chi connectivity index (χ1) is 15.6. The second-order valence-electron chi connectivity index (χ2n) is 7.60. The van der Waals surface area contributed by atoms with E-state index in [0.717, 1.165) is 16.5 Å². The molecular formula is C24H21N5O3. The molecule has 32 heavy (non-hydrogen) atoms. The fourth-order valence-corrected chi connectivity index (χ4v) is 3.79. The largest absolute Gasteiger partial charge is 0.459 e. The third-order valence-electron chi connectivity index (χ3n) is 5.47. The number of hydrogen-bond acceptors (Lipinski definition) is 5. The van der Waals surface area contributed by atoms with Gasteiger partial charge in [-0.2, -0.15) is 5.10 Å². The first kappa shape index (κ1) is 19.7. The van der Waals surface area contributed by atoms with Gasteiger partial charge in [0.2, 0.25) is 5.91 Å². The van der Waals surface area contributed by atoms with Gasteiger partial charge in [0.1, 0.15) is 22.8 Å². The van der Waals surface area contributed by atoms with Crippen LogP contribution in [0.4, 0.5) is 0 Å². The minimum atomic E-state index is -0.438. The van der Waals surface area contributed by atoms with Crippen molar-refractivity contribution in [1.82, 2.24) is 24.6 Å². The van der Waals surface area contributed by atoms with Crippen LogP contribution >= 0.6 is 0 Å². The highest BCUT2D eigenvalue weighted by atomic mass is 16.3. The highest BCUT2D eigenvalue weighted by Gasteiger charge is 2.21. The Bertz CT molecular complexity index is 1430. The first-order valence-electron chi connectivity index (χ1n) is 10.3. The van der Waals surface area contributed by atoms with Crippen molar-refractivity contribution in [2.24, 2.45) is 7.05 Å². The molecule has 1 N–H and O–H groups in total. The number of aryl methyl sites for hydroxylation is 2. The lowest BCUT2D eigenvalue weighted by atomic mass is 10.0. The van der Waals surface area contributed by atoms with Crippen LogP contribution in [0.3, 0.4) is 0 Å². The molecule has 0 aliphatic rings. The van der Waals surface area contributed by atoms with E-state index in [0.29, 0.717) is 16.8 Å². The van der Waals surface area contributed by atoms with Crippen LogP contribution in [0.15, 0.2) is 82.4 Å². The van der Waals surface area contributed by atoms with Gasteiger partial charge in [-0.25, -0.2) is 4.98 Å². The van der Waals surface area contributed by atoms with Gasteiger partial charge >= 0.3 is 0 Å². The Kier molecular flexibility index (Phi) is 5.03. The van der Waals surface area contributed by atoms with Crippen LogP contribution in [0.25, 0.3) is 22.0 Å². The van der Waals surface area contributed by atoms with Crippen LogP contribution < -0.4 is 10.9 Å². The molecule has 5 rings (SSSR count). The number of aromatic nitrogens is 4. The van der Waals surface area contributed by atoms with Gasteiger partial charge in [-0.15, -0.1) is 0 Å². The van der Waals surface area contributed by atoms with Gasteiger partial charge < -0.3 is 9.73 Å². The number of carbonyl (C=O) groups excluding carboxylic acids is 1. The molecule has 160 valence electrons. The summed E-state index contributed by atoms with van der Waals surface area (Å²) in [6, 6.07) is 18.9. The van der Waals surface area contributed by atoms with E-state index >= 15 is 0 Å². The number of nitrogens with zero attached hydrogens (tertiary/aromatic N) is 4. The van der Waals surface area contributed by atoms with E-state index in [1.807, 2.05) is 60.7 Å². The quantitative estimate of drug-likeness (QED) is 0.449. The molecule has 1 atom stereocenters. The molecule has 1 amide bonds. The second-order valence-corrected chi connectivity index (χ2v) is 7.60. The zero-order chi connectivity index (χ0) is 22.1. The summed E-state index contributed by atoms with van der Waals surface area (Å²) in [5.74, 6) is 0.457. The molecule has 0 aliphatic carbocycles. The predicted octanol–water partition coefficient (Wildman–Crippen LogP) is 3.17. The van der Waals surface area contributed by atoms with Crippen molar-refractivity contribution < 1.29 is 9.21 Å². The summed E-state index contributed by atoms with van der Waals surface area (Å²) in [5.41, 5.74) is 1.98. The minimum Gasteiger partial charge on any atom is -0.459 e. The number of hydrogen-bond donors (Lipinski definition) is 1. The van der Waals surface area contributed by atoms with Crippen LogP contribution in [0, 0.1) is 0 Å². The average molecular weight is 427 g/mol. The molecule has 8 heteroatoms. The van der Waals surface area contributed by atoms with Gasteiger partial charge in [-0.1, -0.05) is 48.5 Å². The summed E-state index contributed by atoms with van der Waals surface area (Å²) < 4.78 is 9.01. The molecule has 5 aromatic rings. The van der Waals surface area contributed by atoms with Gasteiger partial charge in [0.05, 0.1) is 12.5 Å². The smallest absolute Gasteiger partial charge is 0.264 e. The summed E-state index contributed by atoms with van der Waals surface area (Å²) in [5, 5.41) is 8.53. The lowest BCUT2D eigenvalue weighted by Gasteiger charge is -2.17. The van der Waals surface area contributed by atoms with Gasteiger partial charge in [-0.05, 0) is 17.7 Å². The maximum Gasteiger partial charge on any atom is 0.264 e. The normalized spacial score (nSPS) is 12.3. The summed E-state index contributed by atoms with van der Waals surface area (Å²) in [4.78, 5) is 29.8. The van der Waals surface area contributed by atoms with Gasteiger partial charge in [0.25, 0.3) is 5.56 Å². The van der Waals surface area contributed by atoms with Crippen molar-refractivity contribution in [1.29, 1.82) is 0 Å². The van der Waals surface area contributed by atoms with Crippen molar-refractivity contribution in [3.63, 3.8) is 0 Å². The third kappa shape index (κ3) is 3.66. The maximum absolute atomic E-state index is 12.9. The number of furan rings is 1. The van der Waals surface area contributed by atoms with E-state index < -0.39 is 6.04 Å². The molecule has 0 fully saturated rings. The highest BCUT2D eigenvalue weighted by Crippen LogP contribution is 2.28. The molecule has 8 nitrogen and oxygen atoms in total. The van der Waals surface area contributed by atoms with E-state index in [1.54, 1.807) is 11.7 Å². The van der Waals surface area contributed by atoms with Crippen LogP contribution in [0.2, 0.25) is 0 Å². The van der Waals surface area contributed by atoms with Gasteiger partial charge in [0.15, 0.2) is 5.65 Å². The number of para-hydroxylation sites is 1. The van der Waals surface area contributed by atoms with Crippen molar-refractivity contribution in [3.05, 3.63) is 94.9 Å². The predicted molar refractivity (Wildman–Crippen MR) is 120 cm³/mol. The van der Waals surface area contributed by atoms with Crippen LogP contribution in [0.5, 0.6) is 0 Å². The summed E-state index contributed by atoms with van der Waals surface area (Å²) in [6.07, 6.45) is 3.07. The van der Waals surface area contributed by atoms with Gasteiger partial charge in [0, 0.05) is 25.4 Å². The van der Waals surface area contributed by atoms with Crippen molar-refractivity contribution in [2.45, 2.75) is 19.0 Å². The average Bonchev–Trinajstić information content (AvgIpc) is 3.41. The second kappa shape index (κ2) is 8.14. The molecule has 2 aromatic carbocycles. The molecule has 3 aromatic heterocycles. The number of amides is 1. The fourth-order valence-electron chi connectivity index (χ4n) is 3.79. The Balaban J connectivity index is 1.37. The van der Waals surface area contributed by atoms with E-state index in [-0.39, 0.29) is 24.4 Å². The Labute approximate surface area is 183 Å². The van der Waals surface area contributed by atoms with E-state index in [2.05, 4.69) is 15.4 Å². The number of rotatable bonds is 6. The molecule has 0 radical (unpaired) electrons. The SMILES string of the molecule is Cn1ncc2c(=O)n(CCC(=O)NC(c3ccccc3)c3cc4ccccc4o3)cnc21. The Hall–Kier alpha value is -4.20. The Morgan fingerprint density at radius 2 is 1.91 bits per heavy atom. The Morgan fingerprint density at radius 1 is 1.12 bits per heavy atom. The summed E-state index contributed by atoms with van der Waals surface area (Å²) in [7, 11) is 1.73. The molecule has 0 spiro atoms. The van der Waals surface area contributed by atoms with Crippen molar-refractivity contribution in [3.8, 4) is 0 Å². The van der Waals surface area contributed by atoms with E-state index in [1.165, 1.54) is 17.1 Å².